The molecule has 0 spiro atoms. The number of benzene rings is 2. The molecule has 0 unspecified atom stereocenters. The fourth-order valence-corrected chi connectivity index (χ4v) is 2.96. The molecule has 2 rings (SSSR count). The molecule has 2 aromatic rings. The van der Waals surface area contributed by atoms with E-state index in [9.17, 15) is 0 Å². The van der Waals surface area contributed by atoms with Crippen LogP contribution in [0.1, 0.15) is 18.1 Å². The van der Waals surface area contributed by atoms with Crippen LogP contribution in [0.3, 0.4) is 0 Å². The summed E-state index contributed by atoms with van der Waals surface area (Å²) in [7, 11) is 0. The maximum absolute atomic E-state index is 3.46. The van der Waals surface area contributed by atoms with Crippen molar-refractivity contribution in [2.75, 3.05) is 6.54 Å². The lowest BCUT2D eigenvalue weighted by molar-refractivity contribution is 0.725. The highest BCUT2D eigenvalue weighted by Gasteiger charge is 1.98. The number of rotatable bonds is 6. The molecule has 0 saturated carbocycles. The van der Waals surface area contributed by atoms with E-state index in [0.29, 0.717) is 0 Å². The Morgan fingerprint density at radius 3 is 2.58 bits per heavy atom. The number of halogens is 1. The molecule has 0 amide bonds. The van der Waals surface area contributed by atoms with E-state index in [2.05, 4.69) is 76.7 Å². The Labute approximate surface area is 127 Å². The van der Waals surface area contributed by atoms with Crippen molar-refractivity contribution in [3.05, 3.63) is 64.1 Å². The van der Waals surface area contributed by atoms with Gasteiger partial charge >= 0.3 is 0 Å². The summed E-state index contributed by atoms with van der Waals surface area (Å²) in [6.07, 6.45) is 0. The van der Waals surface area contributed by atoms with Crippen molar-refractivity contribution in [3.63, 3.8) is 0 Å². The van der Waals surface area contributed by atoms with Crippen molar-refractivity contribution < 1.29 is 0 Å². The molecule has 0 aliphatic rings. The Hall–Kier alpha value is -0.770. The standard InChI is InChI=1S/C16H18BrNS/c1-2-18-11-14-4-3-5-16(10-14)19-12-13-6-8-15(17)9-7-13/h3-10,18H,2,11-12H2,1H3. The predicted molar refractivity (Wildman–Crippen MR) is 87.5 cm³/mol. The van der Waals surface area contributed by atoms with Crippen molar-refractivity contribution in [1.82, 2.24) is 5.32 Å². The van der Waals surface area contributed by atoms with Crippen molar-refractivity contribution in [3.8, 4) is 0 Å². The van der Waals surface area contributed by atoms with Crippen molar-refractivity contribution in [1.29, 1.82) is 0 Å². The molecule has 0 aromatic heterocycles. The lowest BCUT2D eigenvalue weighted by atomic mass is 10.2. The molecule has 3 heteroatoms. The smallest absolute Gasteiger partial charge is 0.0232 e. The first-order valence-electron chi connectivity index (χ1n) is 6.45. The zero-order valence-electron chi connectivity index (χ0n) is 11.0. The zero-order valence-corrected chi connectivity index (χ0v) is 13.4. The summed E-state index contributed by atoms with van der Waals surface area (Å²) in [4.78, 5) is 1.33. The van der Waals surface area contributed by atoms with Gasteiger partial charge in [0.25, 0.3) is 0 Å². The van der Waals surface area contributed by atoms with Crippen molar-refractivity contribution >= 4 is 27.7 Å². The highest BCUT2D eigenvalue weighted by Crippen LogP contribution is 2.24. The Morgan fingerprint density at radius 2 is 1.84 bits per heavy atom. The molecule has 1 N–H and O–H groups in total. The Kier molecular flexibility index (Phi) is 5.95. The van der Waals surface area contributed by atoms with Crippen LogP contribution in [0.5, 0.6) is 0 Å². The third kappa shape index (κ3) is 5.01. The zero-order chi connectivity index (χ0) is 13.5. The molecule has 0 radical (unpaired) electrons. The van der Waals surface area contributed by atoms with Crippen LogP contribution in [0.2, 0.25) is 0 Å². The third-order valence-electron chi connectivity index (χ3n) is 2.80. The van der Waals surface area contributed by atoms with Crippen molar-refractivity contribution in [2.24, 2.45) is 0 Å². The lowest BCUT2D eigenvalue weighted by Gasteiger charge is -2.06. The minimum absolute atomic E-state index is 0.948. The van der Waals surface area contributed by atoms with Gasteiger partial charge in [0.1, 0.15) is 0 Å². The second kappa shape index (κ2) is 7.73. The van der Waals surface area contributed by atoms with Crippen LogP contribution in [0.15, 0.2) is 57.9 Å². The van der Waals surface area contributed by atoms with Gasteiger partial charge in [-0.2, -0.15) is 0 Å². The molecule has 0 atom stereocenters. The first-order valence-corrected chi connectivity index (χ1v) is 8.22. The quantitative estimate of drug-likeness (QED) is 0.757. The Balaban J connectivity index is 1.93. The van der Waals surface area contributed by atoms with Crippen LogP contribution >= 0.6 is 27.7 Å². The fraction of sp³-hybridized carbons (Fsp3) is 0.250. The van der Waals surface area contributed by atoms with E-state index in [4.69, 9.17) is 0 Å². The molecule has 0 fully saturated rings. The SMILES string of the molecule is CCNCc1cccc(SCc2ccc(Br)cc2)c1. The van der Waals surface area contributed by atoms with Crippen LogP contribution < -0.4 is 5.32 Å². The summed E-state index contributed by atoms with van der Waals surface area (Å²) < 4.78 is 1.13. The fourth-order valence-electron chi connectivity index (χ4n) is 1.76. The van der Waals surface area contributed by atoms with E-state index in [1.165, 1.54) is 16.0 Å². The molecule has 1 nitrogen and oxygen atoms in total. The molecule has 100 valence electrons. The molecule has 0 bridgehead atoms. The monoisotopic (exact) mass is 335 g/mol. The van der Waals surface area contributed by atoms with Crippen LogP contribution in [0.4, 0.5) is 0 Å². The van der Waals surface area contributed by atoms with E-state index >= 15 is 0 Å². The average Bonchev–Trinajstić information content (AvgIpc) is 2.45. The number of thioether (sulfide) groups is 1. The number of hydrogen-bond donors (Lipinski definition) is 1. The number of hydrogen-bond acceptors (Lipinski definition) is 2. The summed E-state index contributed by atoms with van der Waals surface area (Å²) in [5.41, 5.74) is 2.70. The van der Waals surface area contributed by atoms with Gasteiger partial charge in [-0.1, -0.05) is 47.1 Å². The van der Waals surface area contributed by atoms with Gasteiger partial charge in [-0.25, -0.2) is 0 Å². The van der Waals surface area contributed by atoms with Gasteiger partial charge in [0.2, 0.25) is 0 Å². The van der Waals surface area contributed by atoms with Gasteiger partial charge < -0.3 is 5.32 Å². The highest BCUT2D eigenvalue weighted by molar-refractivity contribution is 9.10. The topological polar surface area (TPSA) is 12.0 Å². The van der Waals surface area contributed by atoms with Gasteiger partial charge in [0.05, 0.1) is 0 Å². The van der Waals surface area contributed by atoms with E-state index < -0.39 is 0 Å². The van der Waals surface area contributed by atoms with Gasteiger partial charge in [-0.15, -0.1) is 11.8 Å². The molecule has 0 aliphatic carbocycles. The molecule has 0 heterocycles. The van der Waals surface area contributed by atoms with Gasteiger partial charge in [0.15, 0.2) is 0 Å². The molecule has 2 aromatic carbocycles. The number of nitrogens with one attached hydrogen (secondary N) is 1. The van der Waals surface area contributed by atoms with E-state index in [0.717, 1.165) is 23.3 Å². The first-order chi connectivity index (χ1) is 9.28. The van der Waals surface area contributed by atoms with E-state index in [1.807, 2.05) is 11.8 Å². The summed E-state index contributed by atoms with van der Waals surface area (Å²) in [6, 6.07) is 17.3. The Morgan fingerprint density at radius 1 is 1.05 bits per heavy atom. The Bertz CT molecular complexity index is 510. The molecule has 19 heavy (non-hydrogen) atoms. The second-order valence-electron chi connectivity index (χ2n) is 4.34. The first kappa shape index (κ1) is 14.6. The van der Waals surface area contributed by atoms with Crippen LogP contribution in [0, 0.1) is 0 Å². The molecule has 0 aliphatic heterocycles. The second-order valence-corrected chi connectivity index (χ2v) is 6.31. The van der Waals surface area contributed by atoms with Crippen LogP contribution in [-0.2, 0) is 12.3 Å². The summed E-state index contributed by atoms with van der Waals surface area (Å²) in [6.45, 7) is 4.09. The van der Waals surface area contributed by atoms with E-state index in [1.54, 1.807) is 0 Å². The van der Waals surface area contributed by atoms with Crippen LogP contribution in [0.25, 0.3) is 0 Å². The van der Waals surface area contributed by atoms with Gasteiger partial charge in [0, 0.05) is 21.7 Å². The van der Waals surface area contributed by atoms with Gasteiger partial charge in [-0.05, 0) is 41.9 Å². The summed E-state index contributed by atoms with van der Waals surface area (Å²) in [5, 5.41) is 3.36. The average molecular weight is 336 g/mol. The van der Waals surface area contributed by atoms with E-state index in [-0.39, 0.29) is 0 Å². The van der Waals surface area contributed by atoms with Crippen LogP contribution in [-0.4, -0.2) is 6.54 Å². The molecular formula is C16H18BrNS. The maximum Gasteiger partial charge on any atom is 0.0232 e. The maximum atomic E-state index is 3.46. The van der Waals surface area contributed by atoms with Gasteiger partial charge in [-0.3, -0.25) is 0 Å². The minimum Gasteiger partial charge on any atom is -0.313 e. The summed E-state index contributed by atoms with van der Waals surface area (Å²) in [5.74, 6) is 1.01. The minimum atomic E-state index is 0.948. The molecule has 0 saturated heterocycles. The summed E-state index contributed by atoms with van der Waals surface area (Å²) >= 11 is 5.35. The highest BCUT2D eigenvalue weighted by atomic mass is 79.9. The lowest BCUT2D eigenvalue weighted by Crippen LogP contribution is -2.11. The third-order valence-corrected chi connectivity index (χ3v) is 4.39. The largest absolute Gasteiger partial charge is 0.313 e. The molecular weight excluding hydrogens is 318 g/mol. The predicted octanol–water partition coefficient (Wildman–Crippen LogP) is 4.85. The normalized spacial score (nSPS) is 10.6. The van der Waals surface area contributed by atoms with Crippen molar-refractivity contribution in [2.45, 2.75) is 24.1 Å².